The second-order valence-corrected chi connectivity index (χ2v) is 5.16. The first-order valence-electron chi connectivity index (χ1n) is 6.44. The molecule has 0 atom stereocenters. The Morgan fingerprint density at radius 2 is 2.22 bits per heavy atom. The molecule has 0 saturated heterocycles. The van der Waals surface area contributed by atoms with Crippen LogP contribution in [0.3, 0.4) is 0 Å². The molecule has 98 valence electrons. The van der Waals surface area contributed by atoms with Gasteiger partial charge in [0, 0.05) is 19.2 Å². The van der Waals surface area contributed by atoms with Crippen molar-refractivity contribution in [1.82, 2.24) is 4.90 Å². The van der Waals surface area contributed by atoms with E-state index in [9.17, 15) is 4.79 Å². The Morgan fingerprint density at radius 1 is 1.50 bits per heavy atom. The van der Waals surface area contributed by atoms with Gasteiger partial charge in [-0.05, 0) is 49.4 Å². The maximum atomic E-state index is 12.2. The second-order valence-electron chi connectivity index (χ2n) is 5.16. The molecule has 0 spiro atoms. The lowest BCUT2D eigenvalue weighted by atomic mass is 9.85. The summed E-state index contributed by atoms with van der Waals surface area (Å²) in [5.74, 6) is 6.17. The van der Waals surface area contributed by atoms with Crippen LogP contribution in [0.5, 0.6) is 0 Å². The number of hydrogen-bond donors (Lipinski definition) is 2. The van der Waals surface area contributed by atoms with Crippen LogP contribution >= 0.6 is 0 Å². The summed E-state index contributed by atoms with van der Waals surface area (Å²) >= 11 is 0. The van der Waals surface area contributed by atoms with Crippen LogP contribution in [-0.4, -0.2) is 24.4 Å². The first-order valence-corrected chi connectivity index (χ1v) is 6.44. The third kappa shape index (κ3) is 2.64. The Morgan fingerprint density at radius 3 is 2.72 bits per heavy atom. The summed E-state index contributed by atoms with van der Waals surface area (Å²) in [6, 6.07) is 5.55. The van der Waals surface area contributed by atoms with E-state index in [1.807, 2.05) is 37.1 Å². The largest absolute Gasteiger partial charge is 0.341 e. The molecular weight excluding hydrogens is 226 g/mol. The van der Waals surface area contributed by atoms with Crippen molar-refractivity contribution in [2.75, 3.05) is 19.0 Å². The van der Waals surface area contributed by atoms with Gasteiger partial charge < -0.3 is 10.3 Å². The zero-order chi connectivity index (χ0) is 13.1. The molecule has 4 heteroatoms. The molecule has 0 bridgehead atoms. The second kappa shape index (κ2) is 5.40. The zero-order valence-electron chi connectivity index (χ0n) is 11.1. The normalized spacial score (nSPS) is 15.1. The van der Waals surface area contributed by atoms with Gasteiger partial charge in [0.2, 0.25) is 0 Å². The van der Waals surface area contributed by atoms with E-state index in [2.05, 4.69) is 5.43 Å². The lowest BCUT2D eigenvalue weighted by Crippen LogP contribution is -2.34. The molecule has 0 heterocycles. The molecule has 3 N–H and O–H groups in total. The molecule has 1 aliphatic rings. The van der Waals surface area contributed by atoms with Crippen LogP contribution in [0, 0.1) is 12.8 Å². The third-order valence-corrected chi connectivity index (χ3v) is 3.73. The van der Waals surface area contributed by atoms with E-state index in [0.29, 0.717) is 5.92 Å². The smallest absolute Gasteiger partial charge is 0.253 e. The number of aryl methyl sites for hydroxylation is 1. The van der Waals surface area contributed by atoms with Crippen molar-refractivity contribution in [1.29, 1.82) is 0 Å². The van der Waals surface area contributed by atoms with Crippen molar-refractivity contribution in [3.63, 3.8) is 0 Å². The van der Waals surface area contributed by atoms with Gasteiger partial charge in [-0.3, -0.25) is 10.6 Å². The fourth-order valence-corrected chi connectivity index (χ4v) is 2.32. The van der Waals surface area contributed by atoms with Crippen molar-refractivity contribution in [2.45, 2.75) is 26.2 Å². The summed E-state index contributed by atoms with van der Waals surface area (Å²) in [5, 5.41) is 0. The van der Waals surface area contributed by atoms with Gasteiger partial charge in [0.1, 0.15) is 0 Å². The number of anilines is 1. The van der Waals surface area contributed by atoms with E-state index < -0.39 is 0 Å². The fourth-order valence-electron chi connectivity index (χ4n) is 2.32. The number of benzene rings is 1. The molecule has 1 aromatic rings. The Kier molecular flexibility index (Phi) is 3.87. The summed E-state index contributed by atoms with van der Waals surface area (Å²) in [6.45, 7) is 2.81. The number of amides is 1. The molecule has 1 fully saturated rings. The predicted octanol–water partition coefficient (Wildman–Crippen LogP) is 2.15. The number of rotatable bonds is 4. The van der Waals surface area contributed by atoms with Gasteiger partial charge in [0.15, 0.2) is 0 Å². The number of carbonyl (C=O) groups is 1. The number of hydrazine groups is 1. The first kappa shape index (κ1) is 12.9. The summed E-state index contributed by atoms with van der Waals surface area (Å²) in [5.41, 5.74) is 5.19. The molecule has 1 aromatic carbocycles. The molecule has 1 saturated carbocycles. The van der Waals surface area contributed by atoms with Crippen LogP contribution in [0.4, 0.5) is 5.69 Å². The van der Waals surface area contributed by atoms with Crippen LogP contribution < -0.4 is 11.3 Å². The molecule has 4 nitrogen and oxygen atoms in total. The van der Waals surface area contributed by atoms with Gasteiger partial charge in [0.05, 0.1) is 5.69 Å². The highest BCUT2D eigenvalue weighted by Crippen LogP contribution is 2.27. The molecule has 1 aliphatic carbocycles. The molecular formula is C14H21N3O. The van der Waals surface area contributed by atoms with Crippen LogP contribution in [0.2, 0.25) is 0 Å². The van der Waals surface area contributed by atoms with Crippen molar-refractivity contribution >= 4 is 11.6 Å². The Hall–Kier alpha value is -1.55. The number of nitrogens with zero attached hydrogens (tertiary/aromatic N) is 1. The molecule has 18 heavy (non-hydrogen) atoms. The fraction of sp³-hybridized carbons (Fsp3) is 0.500. The maximum Gasteiger partial charge on any atom is 0.253 e. The number of carbonyl (C=O) groups excluding carboxylic acids is 1. The minimum atomic E-state index is 0.0913. The molecule has 0 aliphatic heterocycles. The minimum absolute atomic E-state index is 0.0913. The Bertz CT molecular complexity index is 441. The monoisotopic (exact) mass is 247 g/mol. The standard InChI is InChI=1S/C14H21N3O/c1-10-8-12(6-7-13(10)16-15)14(18)17(2)9-11-4-3-5-11/h6-8,11,16H,3-5,9,15H2,1-2H3. The van der Waals surface area contributed by atoms with Gasteiger partial charge in [-0.15, -0.1) is 0 Å². The lowest BCUT2D eigenvalue weighted by molar-refractivity contribution is 0.0745. The molecule has 0 aromatic heterocycles. The van der Waals surface area contributed by atoms with Crippen molar-refractivity contribution < 1.29 is 4.79 Å². The Balaban J connectivity index is 2.05. The van der Waals surface area contributed by atoms with Gasteiger partial charge >= 0.3 is 0 Å². The number of nitrogens with one attached hydrogen (secondary N) is 1. The number of hydrogen-bond acceptors (Lipinski definition) is 3. The third-order valence-electron chi connectivity index (χ3n) is 3.73. The van der Waals surface area contributed by atoms with Crippen molar-refractivity contribution in [3.8, 4) is 0 Å². The summed E-state index contributed by atoms with van der Waals surface area (Å²) in [4.78, 5) is 14.1. The zero-order valence-corrected chi connectivity index (χ0v) is 11.1. The maximum absolute atomic E-state index is 12.2. The van der Waals surface area contributed by atoms with Gasteiger partial charge in [-0.2, -0.15) is 0 Å². The van der Waals surface area contributed by atoms with E-state index in [-0.39, 0.29) is 5.91 Å². The van der Waals surface area contributed by atoms with E-state index in [4.69, 9.17) is 5.84 Å². The topological polar surface area (TPSA) is 58.4 Å². The van der Waals surface area contributed by atoms with Gasteiger partial charge in [0.25, 0.3) is 5.91 Å². The van der Waals surface area contributed by atoms with Crippen LogP contribution in [0.15, 0.2) is 18.2 Å². The van der Waals surface area contributed by atoms with Crippen molar-refractivity contribution in [3.05, 3.63) is 29.3 Å². The average molecular weight is 247 g/mol. The minimum Gasteiger partial charge on any atom is -0.341 e. The molecule has 0 unspecified atom stereocenters. The van der Waals surface area contributed by atoms with E-state index in [1.165, 1.54) is 19.3 Å². The SMILES string of the molecule is Cc1cc(C(=O)N(C)CC2CCC2)ccc1NN. The summed E-state index contributed by atoms with van der Waals surface area (Å²) in [7, 11) is 1.88. The van der Waals surface area contributed by atoms with E-state index >= 15 is 0 Å². The quantitative estimate of drug-likeness (QED) is 0.633. The highest BCUT2D eigenvalue weighted by Gasteiger charge is 2.22. The van der Waals surface area contributed by atoms with Crippen LogP contribution in [0.25, 0.3) is 0 Å². The van der Waals surface area contributed by atoms with E-state index in [0.717, 1.165) is 23.4 Å². The Labute approximate surface area is 108 Å². The average Bonchev–Trinajstić information content (AvgIpc) is 2.32. The van der Waals surface area contributed by atoms with Crippen LogP contribution in [-0.2, 0) is 0 Å². The number of nitrogen functional groups attached to an aromatic ring is 1. The van der Waals surface area contributed by atoms with Crippen molar-refractivity contribution in [2.24, 2.45) is 11.8 Å². The molecule has 0 radical (unpaired) electrons. The predicted molar refractivity (Wildman–Crippen MR) is 73.3 cm³/mol. The molecule has 2 rings (SSSR count). The van der Waals surface area contributed by atoms with Gasteiger partial charge in [-0.25, -0.2) is 0 Å². The summed E-state index contributed by atoms with van der Waals surface area (Å²) < 4.78 is 0. The van der Waals surface area contributed by atoms with Gasteiger partial charge in [-0.1, -0.05) is 6.42 Å². The lowest BCUT2D eigenvalue weighted by Gasteiger charge is -2.30. The van der Waals surface area contributed by atoms with E-state index in [1.54, 1.807) is 0 Å². The number of nitrogens with two attached hydrogens (primary N) is 1. The molecule has 1 amide bonds. The summed E-state index contributed by atoms with van der Waals surface area (Å²) in [6.07, 6.45) is 3.82. The first-order chi connectivity index (χ1) is 8.61. The van der Waals surface area contributed by atoms with Crippen LogP contribution in [0.1, 0.15) is 35.2 Å². The highest BCUT2D eigenvalue weighted by molar-refractivity contribution is 5.94. The highest BCUT2D eigenvalue weighted by atomic mass is 16.2.